The molecule has 1 aliphatic heterocycles. The van der Waals surface area contributed by atoms with Crippen molar-refractivity contribution in [3.8, 4) is 16.9 Å². The molecule has 0 bridgehead atoms. The van der Waals surface area contributed by atoms with Crippen LogP contribution < -0.4 is 4.74 Å². The molecule has 1 saturated carbocycles. The number of carboxylic acid groups (broad SMARTS) is 1. The van der Waals surface area contributed by atoms with Crippen LogP contribution in [0.5, 0.6) is 5.75 Å². The molecule has 6 heteroatoms. The highest BCUT2D eigenvalue weighted by Crippen LogP contribution is 2.47. The second-order valence-corrected chi connectivity index (χ2v) is 9.47. The van der Waals surface area contributed by atoms with E-state index in [1.54, 1.807) is 25.1 Å². The number of hydrogen-bond acceptors (Lipinski definition) is 4. The van der Waals surface area contributed by atoms with Crippen molar-refractivity contribution in [1.29, 1.82) is 0 Å². The topological polar surface area (TPSA) is 72.8 Å². The number of rotatable bonds is 7. The highest BCUT2D eigenvalue weighted by atomic mass is 19.1. The van der Waals surface area contributed by atoms with Gasteiger partial charge in [0.15, 0.2) is 0 Å². The van der Waals surface area contributed by atoms with Crippen LogP contribution in [-0.2, 0) is 16.0 Å². The lowest BCUT2D eigenvalue weighted by Crippen LogP contribution is -2.24. The van der Waals surface area contributed by atoms with Gasteiger partial charge in [0.05, 0.1) is 18.6 Å². The molecule has 0 spiro atoms. The van der Waals surface area contributed by atoms with Gasteiger partial charge >= 0.3 is 11.9 Å². The summed E-state index contributed by atoms with van der Waals surface area (Å²) in [4.78, 5) is 24.5. The summed E-state index contributed by atoms with van der Waals surface area (Å²) in [6.45, 7) is 1.76. The first kappa shape index (κ1) is 23.1. The molecule has 180 valence electrons. The molecular formula is C29H27FO5. The molecule has 3 atom stereocenters. The van der Waals surface area contributed by atoms with Crippen molar-refractivity contribution in [2.24, 2.45) is 11.8 Å². The van der Waals surface area contributed by atoms with Gasteiger partial charge < -0.3 is 14.6 Å². The van der Waals surface area contributed by atoms with Gasteiger partial charge in [-0.2, -0.15) is 0 Å². The zero-order valence-electron chi connectivity index (χ0n) is 19.7. The third kappa shape index (κ3) is 4.53. The summed E-state index contributed by atoms with van der Waals surface area (Å²) in [5, 5.41) is 9.61. The van der Waals surface area contributed by atoms with Gasteiger partial charge in [-0.3, -0.25) is 4.79 Å². The van der Waals surface area contributed by atoms with Crippen LogP contribution in [0.3, 0.4) is 0 Å². The van der Waals surface area contributed by atoms with Crippen LogP contribution in [0, 0.1) is 17.7 Å². The number of fused-ring (bicyclic) bond motifs is 1. The Hall–Kier alpha value is -3.67. The van der Waals surface area contributed by atoms with Crippen molar-refractivity contribution in [2.75, 3.05) is 7.11 Å². The summed E-state index contributed by atoms with van der Waals surface area (Å²) in [5.74, 6) is -1.15. The van der Waals surface area contributed by atoms with Crippen LogP contribution >= 0.6 is 0 Å². The summed E-state index contributed by atoms with van der Waals surface area (Å²) in [6.07, 6.45) is 2.10. The summed E-state index contributed by atoms with van der Waals surface area (Å²) in [5.41, 5.74) is 4.32. The van der Waals surface area contributed by atoms with E-state index < -0.39 is 18.0 Å². The number of halogens is 1. The predicted molar refractivity (Wildman–Crippen MR) is 129 cm³/mol. The molecule has 1 N–H and O–H groups in total. The van der Waals surface area contributed by atoms with E-state index >= 15 is 0 Å². The Morgan fingerprint density at radius 3 is 2.46 bits per heavy atom. The minimum atomic E-state index is -0.801. The van der Waals surface area contributed by atoms with Crippen molar-refractivity contribution < 1.29 is 28.6 Å². The second-order valence-electron chi connectivity index (χ2n) is 9.47. The molecule has 2 aliphatic rings. The Morgan fingerprint density at radius 1 is 1.06 bits per heavy atom. The first-order valence-electron chi connectivity index (χ1n) is 11.9. The standard InChI is InChI=1S/C29H27FO5/c1-16(28(31)32)27(19-7-8-19)20-9-11-23-21(13-20)14-26(35-29(23)33)18-5-3-17(4-6-18)24-15-22(34-2)10-12-25(24)30/h3-6,9-13,15-16,19,26-27H,7-8,14H2,1-2H3,(H,31,32)/t16-,26?,27-/m0/s1. The highest BCUT2D eigenvalue weighted by molar-refractivity contribution is 5.92. The Labute approximate surface area is 203 Å². The zero-order valence-corrected chi connectivity index (χ0v) is 19.7. The van der Waals surface area contributed by atoms with Crippen LogP contribution in [-0.4, -0.2) is 24.2 Å². The van der Waals surface area contributed by atoms with E-state index in [2.05, 4.69) is 0 Å². The smallest absolute Gasteiger partial charge is 0.339 e. The predicted octanol–water partition coefficient (Wildman–Crippen LogP) is 6.17. The van der Waals surface area contributed by atoms with Crippen molar-refractivity contribution in [3.63, 3.8) is 0 Å². The molecule has 1 heterocycles. The van der Waals surface area contributed by atoms with Gasteiger partial charge in [-0.15, -0.1) is 0 Å². The van der Waals surface area contributed by atoms with Gasteiger partial charge in [0.2, 0.25) is 0 Å². The number of carbonyl (C=O) groups excluding carboxylic acids is 1. The number of ether oxygens (including phenoxy) is 2. The quantitative estimate of drug-likeness (QED) is 0.415. The zero-order chi connectivity index (χ0) is 24.7. The average molecular weight is 475 g/mol. The Morgan fingerprint density at radius 2 is 1.80 bits per heavy atom. The van der Waals surface area contributed by atoms with Crippen molar-refractivity contribution in [3.05, 3.63) is 88.7 Å². The number of esters is 1. The lowest BCUT2D eigenvalue weighted by Gasteiger charge is -2.27. The summed E-state index contributed by atoms with van der Waals surface area (Å²) < 4.78 is 25.3. The van der Waals surface area contributed by atoms with Crippen molar-refractivity contribution >= 4 is 11.9 Å². The van der Waals surface area contributed by atoms with E-state index in [-0.39, 0.29) is 17.7 Å². The summed E-state index contributed by atoms with van der Waals surface area (Å²) in [6, 6.07) is 17.5. The fourth-order valence-corrected chi connectivity index (χ4v) is 5.12. The van der Waals surface area contributed by atoms with Gasteiger partial charge in [0, 0.05) is 12.0 Å². The summed E-state index contributed by atoms with van der Waals surface area (Å²) in [7, 11) is 1.54. The van der Waals surface area contributed by atoms with E-state index in [0.29, 0.717) is 34.8 Å². The minimum absolute atomic E-state index is 0.0637. The fraction of sp³-hybridized carbons (Fsp3) is 0.310. The van der Waals surface area contributed by atoms with Crippen molar-refractivity contribution in [1.82, 2.24) is 0 Å². The van der Waals surface area contributed by atoms with E-state index in [9.17, 15) is 19.1 Å². The van der Waals surface area contributed by atoms with Gasteiger partial charge in [-0.25, -0.2) is 9.18 Å². The molecule has 5 nitrogen and oxygen atoms in total. The number of carboxylic acids is 1. The maximum atomic E-state index is 14.4. The van der Waals surface area contributed by atoms with Crippen LogP contribution in [0.1, 0.15) is 58.8 Å². The van der Waals surface area contributed by atoms with Gasteiger partial charge in [-0.05, 0) is 71.2 Å². The molecule has 0 saturated heterocycles. The minimum Gasteiger partial charge on any atom is -0.497 e. The molecule has 3 aromatic carbocycles. The monoisotopic (exact) mass is 474 g/mol. The molecule has 0 aromatic heterocycles. The lowest BCUT2D eigenvalue weighted by atomic mass is 9.81. The molecule has 1 fully saturated rings. The number of aliphatic carboxylic acids is 1. The van der Waals surface area contributed by atoms with Crippen LogP contribution in [0.25, 0.3) is 11.1 Å². The van der Waals surface area contributed by atoms with Gasteiger partial charge in [0.1, 0.15) is 17.7 Å². The molecule has 5 rings (SSSR count). The maximum Gasteiger partial charge on any atom is 0.339 e. The first-order valence-corrected chi connectivity index (χ1v) is 11.9. The molecule has 0 radical (unpaired) electrons. The Kier molecular flexibility index (Phi) is 6.05. The average Bonchev–Trinajstić information content (AvgIpc) is 3.69. The van der Waals surface area contributed by atoms with E-state index in [1.807, 2.05) is 36.4 Å². The second kappa shape index (κ2) is 9.17. The third-order valence-electron chi connectivity index (χ3n) is 7.21. The number of methoxy groups -OCH3 is 1. The molecule has 1 unspecified atom stereocenters. The van der Waals surface area contributed by atoms with E-state index in [0.717, 1.165) is 29.5 Å². The largest absolute Gasteiger partial charge is 0.497 e. The van der Waals surface area contributed by atoms with Crippen molar-refractivity contribution in [2.45, 2.75) is 38.2 Å². The summed E-state index contributed by atoms with van der Waals surface area (Å²) >= 11 is 0. The number of hydrogen-bond donors (Lipinski definition) is 1. The molecule has 1 aliphatic carbocycles. The Balaban J connectivity index is 1.41. The molecular weight excluding hydrogens is 447 g/mol. The van der Waals surface area contributed by atoms with Gasteiger partial charge in [0.25, 0.3) is 0 Å². The SMILES string of the molecule is COc1ccc(F)c(-c2ccc(C3Cc4cc([C@H](C5CC5)[C@H](C)C(=O)O)ccc4C(=O)O3)cc2)c1. The highest BCUT2D eigenvalue weighted by Gasteiger charge is 2.39. The number of benzene rings is 3. The molecule has 35 heavy (non-hydrogen) atoms. The number of cyclic esters (lactones) is 1. The molecule has 0 amide bonds. The van der Waals surface area contributed by atoms with Crippen LogP contribution in [0.15, 0.2) is 60.7 Å². The Bertz CT molecular complexity index is 1280. The van der Waals surface area contributed by atoms with Crippen LogP contribution in [0.2, 0.25) is 0 Å². The first-order chi connectivity index (χ1) is 16.9. The van der Waals surface area contributed by atoms with E-state index in [4.69, 9.17) is 9.47 Å². The third-order valence-corrected chi connectivity index (χ3v) is 7.21. The number of carbonyl (C=O) groups is 2. The van der Waals surface area contributed by atoms with Crippen LogP contribution in [0.4, 0.5) is 4.39 Å². The van der Waals surface area contributed by atoms with Gasteiger partial charge in [-0.1, -0.05) is 43.3 Å². The van der Waals surface area contributed by atoms with E-state index in [1.165, 1.54) is 13.2 Å². The lowest BCUT2D eigenvalue weighted by molar-refractivity contribution is -0.142. The normalized spacial score (nSPS) is 18.8. The fourth-order valence-electron chi connectivity index (χ4n) is 5.12. The molecule has 3 aromatic rings. The maximum absolute atomic E-state index is 14.4.